The van der Waals surface area contributed by atoms with Gasteiger partial charge >= 0.3 is 0 Å². The first-order chi connectivity index (χ1) is 8.04. The third-order valence-electron chi connectivity index (χ3n) is 2.19. The van der Waals surface area contributed by atoms with Crippen molar-refractivity contribution in [3.63, 3.8) is 0 Å². The minimum absolute atomic E-state index is 0.152. The van der Waals surface area contributed by atoms with Crippen molar-refractivity contribution < 1.29 is 9.15 Å². The number of rotatable bonds is 3. The molecule has 0 fully saturated rings. The molecule has 0 amide bonds. The van der Waals surface area contributed by atoms with E-state index >= 15 is 0 Å². The van der Waals surface area contributed by atoms with Crippen LogP contribution in [-0.4, -0.2) is 11.6 Å². The van der Waals surface area contributed by atoms with E-state index in [4.69, 9.17) is 9.15 Å². The summed E-state index contributed by atoms with van der Waals surface area (Å²) in [5, 5.41) is 0. The van der Waals surface area contributed by atoms with Crippen molar-refractivity contribution in [2.45, 2.75) is 20.8 Å². The first-order valence-electron chi connectivity index (χ1n) is 5.67. The SMILES string of the molecule is CC(C)(C)COc1cccc(-c2ncco2)c1. The highest BCUT2D eigenvalue weighted by atomic mass is 16.5. The van der Waals surface area contributed by atoms with Crippen molar-refractivity contribution in [3.8, 4) is 17.2 Å². The summed E-state index contributed by atoms with van der Waals surface area (Å²) in [5.41, 5.74) is 1.08. The molecule has 0 radical (unpaired) electrons. The van der Waals surface area contributed by atoms with Gasteiger partial charge in [0, 0.05) is 5.56 Å². The van der Waals surface area contributed by atoms with Crippen molar-refractivity contribution in [3.05, 3.63) is 36.7 Å². The number of hydrogen-bond acceptors (Lipinski definition) is 3. The van der Waals surface area contributed by atoms with Gasteiger partial charge in [-0.25, -0.2) is 4.98 Å². The van der Waals surface area contributed by atoms with Gasteiger partial charge in [-0.05, 0) is 23.6 Å². The van der Waals surface area contributed by atoms with Crippen molar-refractivity contribution in [2.24, 2.45) is 5.41 Å². The van der Waals surface area contributed by atoms with Gasteiger partial charge in [0.05, 0.1) is 12.8 Å². The lowest BCUT2D eigenvalue weighted by Gasteiger charge is -2.18. The van der Waals surface area contributed by atoms with Crippen LogP contribution in [0.15, 0.2) is 41.1 Å². The van der Waals surface area contributed by atoms with E-state index in [-0.39, 0.29) is 5.41 Å². The second-order valence-electron chi connectivity index (χ2n) is 5.21. The molecule has 17 heavy (non-hydrogen) atoms. The molecule has 0 atom stereocenters. The van der Waals surface area contributed by atoms with Gasteiger partial charge in [0.15, 0.2) is 0 Å². The van der Waals surface area contributed by atoms with E-state index in [2.05, 4.69) is 25.8 Å². The van der Waals surface area contributed by atoms with Gasteiger partial charge in [-0.3, -0.25) is 0 Å². The number of ether oxygens (including phenoxy) is 1. The molecule has 90 valence electrons. The normalized spacial score (nSPS) is 11.5. The molecular weight excluding hydrogens is 214 g/mol. The molecule has 2 rings (SSSR count). The van der Waals surface area contributed by atoms with Crippen LogP contribution >= 0.6 is 0 Å². The molecule has 0 aliphatic heterocycles. The predicted octanol–water partition coefficient (Wildman–Crippen LogP) is 3.77. The smallest absolute Gasteiger partial charge is 0.225 e. The molecule has 3 heteroatoms. The maximum Gasteiger partial charge on any atom is 0.225 e. The fraction of sp³-hybridized carbons (Fsp3) is 0.357. The molecular formula is C14H17NO2. The highest BCUT2D eigenvalue weighted by molar-refractivity contribution is 5.55. The van der Waals surface area contributed by atoms with Crippen LogP contribution in [0.25, 0.3) is 11.5 Å². The summed E-state index contributed by atoms with van der Waals surface area (Å²) in [6.07, 6.45) is 3.20. The van der Waals surface area contributed by atoms with E-state index in [1.165, 1.54) is 0 Å². The van der Waals surface area contributed by atoms with E-state index in [1.807, 2.05) is 24.3 Å². The number of aromatic nitrogens is 1. The van der Waals surface area contributed by atoms with Crippen molar-refractivity contribution in [2.75, 3.05) is 6.61 Å². The molecule has 0 N–H and O–H groups in total. The average molecular weight is 231 g/mol. The number of benzene rings is 1. The first kappa shape index (κ1) is 11.7. The van der Waals surface area contributed by atoms with Gasteiger partial charge in [-0.1, -0.05) is 26.8 Å². The molecule has 0 spiro atoms. The van der Waals surface area contributed by atoms with E-state index in [1.54, 1.807) is 12.5 Å². The molecule has 0 saturated carbocycles. The van der Waals surface area contributed by atoms with Gasteiger partial charge in [-0.15, -0.1) is 0 Å². The Balaban J connectivity index is 2.12. The molecule has 1 heterocycles. The molecule has 2 aromatic rings. The minimum atomic E-state index is 0.152. The standard InChI is InChI=1S/C14H17NO2/c1-14(2,3)10-17-12-6-4-5-11(9-12)13-15-7-8-16-13/h4-9H,10H2,1-3H3. The second-order valence-corrected chi connectivity index (χ2v) is 5.21. The van der Waals surface area contributed by atoms with Crippen LogP contribution in [0.4, 0.5) is 0 Å². The molecule has 3 nitrogen and oxygen atoms in total. The van der Waals surface area contributed by atoms with Gasteiger partial charge in [0.25, 0.3) is 0 Å². The third kappa shape index (κ3) is 3.34. The summed E-state index contributed by atoms with van der Waals surface area (Å²) in [7, 11) is 0. The molecule has 0 bridgehead atoms. The Kier molecular flexibility index (Phi) is 3.18. The maximum absolute atomic E-state index is 5.74. The van der Waals surface area contributed by atoms with Crippen LogP contribution in [0.3, 0.4) is 0 Å². The zero-order valence-corrected chi connectivity index (χ0v) is 10.4. The van der Waals surface area contributed by atoms with Crippen LogP contribution in [0.1, 0.15) is 20.8 Å². The van der Waals surface area contributed by atoms with Crippen molar-refractivity contribution in [1.82, 2.24) is 4.98 Å². The van der Waals surface area contributed by atoms with Gasteiger partial charge in [-0.2, -0.15) is 0 Å². The Morgan fingerprint density at radius 3 is 2.76 bits per heavy atom. The molecule has 0 aliphatic carbocycles. The van der Waals surface area contributed by atoms with E-state index in [0.29, 0.717) is 12.5 Å². The summed E-state index contributed by atoms with van der Waals surface area (Å²) in [6, 6.07) is 7.78. The lowest BCUT2D eigenvalue weighted by Crippen LogP contribution is -2.16. The molecule has 0 aliphatic rings. The third-order valence-corrected chi connectivity index (χ3v) is 2.19. The quantitative estimate of drug-likeness (QED) is 0.806. The predicted molar refractivity (Wildman–Crippen MR) is 66.9 cm³/mol. The highest BCUT2D eigenvalue weighted by Gasteiger charge is 2.11. The summed E-state index contributed by atoms with van der Waals surface area (Å²) in [6.45, 7) is 7.11. The van der Waals surface area contributed by atoms with E-state index in [0.717, 1.165) is 11.3 Å². The monoisotopic (exact) mass is 231 g/mol. The molecule has 0 saturated heterocycles. The fourth-order valence-electron chi connectivity index (χ4n) is 1.38. The summed E-state index contributed by atoms with van der Waals surface area (Å²) in [4.78, 5) is 4.11. The topological polar surface area (TPSA) is 35.3 Å². The minimum Gasteiger partial charge on any atom is -0.493 e. The lowest BCUT2D eigenvalue weighted by atomic mass is 9.99. The Bertz CT molecular complexity index is 469. The Labute approximate surface area is 101 Å². The Morgan fingerprint density at radius 2 is 2.12 bits per heavy atom. The molecule has 0 unspecified atom stereocenters. The van der Waals surface area contributed by atoms with Gasteiger partial charge in [0.1, 0.15) is 12.0 Å². The summed E-state index contributed by atoms with van der Waals surface area (Å²) < 4.78 is 11.0. The van der Waals surface area contributed by atoms with Crippen LogP contribution in [0, 0.1) is 5.41 Å². The lowest BCUT2D eigenvalue weighted by molar-refractivity contribution is 0.198. The summed E-state index contributed by atoms with van der Waals surface area (Å²) in [5.74, 6) is 1.46. The van der Waals surface area contributed by atoms with Crippen LogP contribution in [-0.2, 0) is 0 Å². The first-order valence-corrected chi connectivity index (χ1v) is 5.67. The number of nitrogens with zero attached hydrogens (tertiary/aromatic N) is 1. The zero-order chi connectivity index (χ0) is 12.3. The van der Waals surface area contributed by atoms with Gasteiger partial charge in [0.2, 0.25) is 5.89 Å². The number of oxazole rings is 1. The van der Waals surface area contributed by atoms with Gasteiger partial charge < -0.3 is 9.15 Å². The van der Waals surface area contributed by atoms with Crippen LogP contribution in [0.2, 0.25) is 0 Å². The number of hydrogen-bond donors (Lipinski definition) is 0. The van der Waals surface area contributed by atoms with Crippen LogP contribution < -0.4 is 4.74 Å². The Morgan fingerprint density at radius 1 is 1.29 bits per heavy atom. The fourth-order valence-corrected chi connectivity index (χ4v) is 1.38. The van der Waals surface area contributed by atoms with Crippen LogP contribution in [0.5, 0.6) is 5.75 Å². The van der Waals surface area contributed by atoms with E-state index in [9.17, 15) is 0 Å². The van der Waals surface area contributed by atoms with E-state index < -0.39 is 0 Å². The van der Waals surface area contributed by atoms with Crippen molar-refractivity contribution in [1.29, 1.82) is 0 Å². The second kappa shape index (κ2) is 4.62. The highest BCUT2D eigenvalue weighted by Crippen LogP contribution is 2.24. The largest absolute Gasteiger partial charge is 0.493 e. The summed E-state index contributed by atoms with van der Waals surface area (Å²) >= 11 is 0. The maximum atomic E-state index is 5.74. The average Bonchev–Trinajstić information content (AvgIpc) is 2.79. The zero-order valence-electron chi connectivity index (χ0n) is 10.4. The molecule has 1 aromatic carbocycles. The van der Waals surface area contributed by atoms with Crippen molar-refractivity contribution >= 4 is 0 Å². The molecule has 1 aromatic heterocycles. The Hall–Kier alpha value is -1.77.